The van der Waals surface area contributed by atoms with Gasteiger partial charge in [0, 0.05) is 18.8 Å². The Labute approximate surface area is 94.5 Å². The summed E-state index contributed by atoms with van der Waals surface area (Å²) in [5, 5.41) is 8.94. The first-order chi connectivity index (χ1) is 7.52. The van der Waals surface area contributed by atoms with Gasteiger partial charge in [0.1, 0.15) is 20.1 Å². The number of amides is 1. The Morgan fingerprint density at radius 2 is 2.19 bits per heavy atom. The molecule has 0 aromatic carbocycles. The zero-order valence-electron chi connectivity index (χ0n) is 8.80. The minimum atomic E-state index is -0.590. The summed E-state index contributed by atoms with van der Waals surface area (Å²) in [6.45, 7) is -0.262. The van der Waals surface area contributed by atoms with Crippen LogP contribution in [0.15, 0.2) is 0 Å². The monoisotopic (exact) mass is 227 g/mol. The van der Waals surface area contributed by atoms with E-state index in [1.807, 2.05) is 0 Å². The normalized spacial score (nSPS) is 28.9. The summed E-state index contributed by atoms with van der Waals surface area (Å²) in [5.41, 5.74) is 4.89. The van der Waals surface area contributed by atoms with Gasteiger partial charge in [-0.15, -0.1) is 0 Å². The zero-order chi connectivity index (χ0) is 12.1. The van der Waals surface area contributed by atoms with Crippen molar-refractivity contribution in [2.45, 2.75) is 37.5 Å². The molecular formula is C9H14BNO5. The maximum absolute atomic E-state index is 11.3. The molecule has 1 saturated heterocycles. The number of esters is 1. The van der Waals surface area contributed by atoms with Crippen molar-refractivity contribution in [1.82, 2.24) is 0 Å². The van der Waals surface area contributed by atoms with Crippen LogP contribution >= 0.6 is 0 Å². The summed E-state index contributed by atoms with van der Waals surface area (Å²) in [4.78, 5) is 21.7. The third-order valence-electron chi connectivity index (χ3n) is 2.27. The Kier molecular flexibility index (Phi) is 4.76. The van der Waals surface area contributed by atoms with E-state index in [9.17, 15) is 9.59 Å². The molecule has 6 nitrogen and oxygen atoms in total. The Morgan fingerprint density at radius 3 is 2.75 bits per heavy atom. The fourth-order valence-corrected chi connectivity index (χ4v) is 1.49. The van der Waals surface area contributed by atoms with Crippen molar-refractivity contribution in [3.63, 3.8) is 0 Å². The predicted octanol–water partition coefficient (Wildman–Crippen LogP) is -1.56. The number of carbonyl (C=O) groups is 2. The highest BCUT2D eigenvalue weighted by Crippen LogP contribution is 2.21. The molecule has 3 N–H and O–H groups in total. The van der Waals surface area contributed by atoms with E-state index in [1.54, 1.807) is 0 Å². The highest BCUT2D eigenvalue weighted by Gasteiger charge is 2.34. The molecule has 0 bridgehead atoms. The number of primary amides is 1. The molecule has 88 valence electrons. The summed E-state index contributed by atoms with van der Waals surface area (Å²) in [7, 11) is 5.49. The Hall–Kier alpha value is -1.08. The largest absolute Gasteiger partial charge is 0.459 e. The molecule has 1 aliphatic heterocycles. The lowest BCUT2D eigenvalue weighted by Crippen LogP contribution is -2.30. The van der Waals surface area contributed by atoms with Gasteiger partial charge in [-0.05, 0) is 0 Å². The molecule has 0 aromatic rings. The number of hydrogen-bond acceptors (Lipinski definition) is 5. The highest BCUT2D eigenvalue weighted by molar-refractivity contribution is 6.11. The van der Waals surface area contributed by atoms with Crippen LogP contribution in [0.4, 0.5) is 0 Å². The first-order valence-electron chi connectivity index (χ1n) is 5.02. The lowest BCUT2D eigenvalue weighted by Gasteiger charge is -2.16. The molecule has 1 unspecified atom stereocenters. The second-order valence-electron chi connectivity index (χ2n) is 3.63. The van der Waals surface area contributed by atoms with Gasteiger partial charge >= 0.3 is 5.97 Å². The van der Waals surface area contributed by atoms with Crippen LogP contribution in [0.1, 0.15) is 19.3 Å². The third-order valence-corrected chi connectivity index (χ3v) is 2.27. The van der Waals surface area contributed by atoms with Crippen LogP contribution in [0.25, 0.3) is 0 Å². The molecule has 3 atom stereocenters. The lowest BCUT2D eigenvalue weighted by atomic mass is 9.96. The van der Waals surface area contributed by atoms with Crippen molar-refractivity contribution in [2.24, 2.45) is 5.73 Å². The summed E-state index contributed by atoms with van der Waals surface area (Å²) in [6.07, 6.45) is -0.928. The van der Waals surface area contributed by atoms with Crippen LogP contribution in [-0.2, 0) is 19.1 Å². The van der Waals surface area contributed by atoms with Crippen molar-refractivity contribution < 1.29 is 24.2 Å². The number of carbonyl (C=O) groups excluding carboxylic acids is 2. The van der Waals surface area contributed by atoms with E-state index in [2.05, 4.69) is 0 Å². The van der Waals surface area contributed by atoms with Gasteiger partial charge in [0.2, 0.25) is 5.91 Å². The molecule has 2 radical (unpaired) electrons. The molecule has 1 fully saturated rings. The molecule has 0 aromatic heterocycles. The number of hydrogen-bond donors (Lipinski definition) is 2. The van der Waals surface area contributed by atoms with Crippen molar-refractivity contribution in [3.8, 4) is 0 Å². The predicted molar refractivity (Wildman–Crippen MR) is 54.4 cm³/mol. The van der Waals surface area contributed by atoms with Crippen molar-refractivity contribution in [2.75, 3.05) is 6.61 Å². The molecule has 0 spiro atoms. The Bertz CT molecular complexity index is 273. The minimum absolute atomic E-state index is 0.0533. The van der Waals surface area contributed by atoms with Crippen molar-refractivity contribution in [1.29, 1.82) is 0 Å². The van der Waals surface area contributed by atoms with E-state index in [0.29, 0.717) is 6.42 Å². The molecule has 1 heterocycles. The van der Waals surface area contributed by atoms with Gasteiger partial charge in [0.25, 0.3) is 0 Å². The topological polar surface area (TPSA) is 98.9 Å². The summed E-state index contributed by atoms with van der Waals surface area (Å²) >= 11 is 0. The van der Waals surface area contributed by atoms with Crippen LogP contribution in [-0.4, -0.2) is 49.6 Å². The van der Waals surface area contributed by atoms with Gasteiger partial charge in [0.05, 0.1) is 13.0 Å². The van der Waals surface area contributed by atoms with Crippen molar-refractivity contribution >= 4 is 19.7 Å². The number of aliphatic hydroxyl groups is 1. The Balaban J connectivity index is 2.35. The smallest absolute Gasteiger partial charge is 0.306 e. The molecule has 7 heteroatoms. The second-order valence-corrected chi connectivity index (χ2v) is 3.63. The van der Waals surface area contributed by atoms with Gasteiger partial charge in [-0.2, -0.15) is 0 Å². The van der Waals surface area contributed by atoms with E-state index in [1.165, 1.54) is 0 Å². The molecule has 1 rings (SSSR count). The maximum Gasteiger partial charge on any atom is 0.306 e. The minimum Gasteiger partial charge on any atom is -0.459 e. The third kappa shape index (κ3) is 3.82. The van der Waals surface area contributed by atoms with Crippen LogP contribution in [0.2, 0.25) is 0 Å². The van der Waals surface area contributed by atoms with Gasteiger partial charge in [0.15, 0.2) is 0 Å². The van der Waals surface area contributed by atoms with Gasteiger partial charge in [-0.3, -0.25) is 9.59 Å². The lowest BCUT2D eigenvalue weighted by molar-refractivity contribution is -0.153. The molecule has 1 amide bonds. The summed E-state index contributed by atoms with van der Waals surface area (Å²) in [6, 6.07) is -0.536. The average Bonchev–Trinajstić information content (AvgIpc) is 2.55. The van der Waals surface area contributed by atoms with Gasteiger partial charge in [-0.1, -0.05) is 0 Å². The van der Waals surface area contributed by atoms with E-state index in [0.717, 1.165) is 0 Å². The highest BCUT2D eigenvalue weighted by atomic mass is 16.6. The average molecular weight is 227 g/mol. The maximum atomic E-state index is 11.3. The second kappa shape index (κ2) is 5.86. The zero-order valence-corrected chi connectivity index (χ0v) is 8.80. The van der Waals surface area contributed by atoms with E-state index < -0.39 is 30.1 Å². The van der Waals surface area contributed by atoms with E-state index >= 15 is 0 Å². The van der Waals surface area contributed by atoms with Crippen LogP contribution < -0.4 is 5.73 Å². The molecular weight excluding hydrogens is 213 g/mol. The standard InChI is InChI=1S/C9H14BNO5/c10-7-3-5(6(4-12)15-7)16-9(14)2-1-8(11)13/h5-7,12H,1-4H2,(H2,11,13)/t5?,6-,7-/m1/s1. The Morgan fingerprint density at radius 1 is 1.50 bits per heavy atom. The number of ether oxygens (including phenoxy) is 2. The van der Waals surface area contributed by atoms with E-state index in [-0.39, 0.29) is 19.4 Å². The SMILES string of the molecule is [B][C@H]1CC(OC(=O)CCC(N)=O)[C@@H](CO)O1. The first kappa shape index (κ1) is 13.0. The number of nitrogens with two attached hydrogens (primary N) is 1. The van der Waals surface area contributed by atoms with Crippen LogP contribution in [0.5, 0.6) is 0 Å². The quantitative estimate of drug-likeness (QED) is 0.437. The summed E-state index contributed by atoms with van der Waals surface area (Å²) < 4.78 is 10.1. The van der Waals surface area contributed by atoms with Gasteiger partial charge < -0.3 is 20.3 Å². The molecule has 16 heavy (non-hydrogen) atoms. The van der Waals surface area contributed by atoms with Crippen molar-refractivity contribution in [3.05, 3.63) is 0 Å². The molecule has 0 saturated carbocycles. The number of aliphatic hydroxyl groups excluding tert-OH is 1. The summed E-state index contributed by atoms with van der Waals surface area (Å²) in [5.74, 6) is -1.10. The van der Waals surface area contributed by atoms with Crippen LogP contribution in [0.3, 0.4) is 0 Å². The van der Waals surface area contributed by atoms with Gasteiger partial charge in [-0.25, -0.2) is 0 Å². The van der Waals surface area contributed by atoms with E-state index in [4.69, 9.17) is 28.2 Å². The van der Waals surface area contributed by atoms with Crippen LogP contribution in [0, 0.1) is 0 Å². The first-order valence-corrected chi connectivity index (χ1v) is 5.02. The fraction of sp³-hybridized carbons (Fsp3) is 0.778. The number of rotatable bonds is 5. The fourth-order valence-electron chi connectivity index (χ4n) is 1.49. The molecule has 1 aliphatic rings. The molecule has 0 aliphatic carbocycles.